The second-order valence-electron chi connectivity index (χ2n) is 6.77. The van der Waals surface area contributed by atoms with E-state index in [9.17, 15) is 4.39 Å². The molecule has 0 aliphatic heterocycles. The Balaban J connectivity index is 1.78. The summed E-state index contributed by atoms with van der Waals surface area (Å²) in [6.45, 7) is 2.57. The van der Waals surface area contributed by atoms with Crippen LogP contribution in [0.15, 0.2) is 65.4 Å². The van der Waals surface area contributed by atoms with Gasteiger partial charge in [-0.2, -0.15) is 0 Å². The average molecular weight is 416 g/mol. The first-order chi connectivity index (χ1) is 15.2. The number of nitrogens with zero attached hydrogens (tertiary/aromatic N) is 5. The molecule has 154 valence electrons. The number of nitrogen functional groups attached to an aromatic ring is 1. The fourth-order valence-corrected chi connectivity index (χ4v) is 3.51. The van der Waals surface area contributed by atoms with Crippen molar-refractivity contribution in [2.45, 2.75) is 13.5 Å². The van der Waals surface area contributed by atoms with Crippen LogP contribution in [0.2, 0.25) is 0 Å². The fraction of sp³-hybridized carbons (Fsp3) is 0.0909. The highest BCUT2D eigenvalue weighted by Crippen LogP contribution is 2.39. The van der Waals surface area contributed by atoms with Crippen molar-refractivity contribution >= 4 is 16.9 Å². The van der Waals surface area contributed by atoms with Gasteiger partial charge in [0.2, 0.25) is 5.88 Å². The second kappa shape index (κ2) is 7.52. The topological polar surface area (TPSA) is 105 Å². The predicted molar refractivity (Wildman–Crippen MR) is 113 cm³/mol. The molecule has 2 aromatic carbocycles. The molecule has 0 fully saturated rings. The summed E-state index contributed by atoms with van der Waals surface area (Å²) < 4.78 is 26.1. The molecule has 0 saturated carbocycles. The van der Waals surface area contributed by atoms with Crippen LogP contribution in [0.3, 0.4) is 0 Å². The minimum atomic E-state index is -0.341. The van der Waals surface area contributed by atoms with E-state index in [1.54, 1.807) is 18.3 Å². The summed E-state index contributed by atoms with van der Waals surface area (Å²) in [6, 6.07) is 15.5. The molecule has 5 rings (SSSR count). The summed E-state index contributed by atoms with van der Waals surface area (Å²) >= 11 is 0. The van der Waals surface area contributed by atoms with E-state index in [4.69, 9.17) is 15.1 Å². The van der Waals surface area contributed by atoms with Crippen LogP contribution in [-0.4, -0.2) is 24.8 Å². The lowest BCUT2D eigenvalue weighted by Crippen LogP contribution is -2.02. The van der Waals surface area contributed by atoms with Gasteiger partial charge in [0.1, 0.15) is 17.1 Å². The van der Waals surface area contributed by atoms with Gasteiger partial charge < -0.3 is 15.0 Å². The Labute approximate surface area is 176 Å². The zero-order valence-corrected chi connectivity index (χ0v) is 16.5. The van der Waals surface area contributed by atoms with E-state index in [-0.39, 0.29) is 11.6 Å². The zero-order chi connectivity index (χ0) is 21.4. The maximum Gasteiger partial charge on any atom is 0.229 e. The molecule has 9 heteroatoms. The molecular formula is C22H17FN6O2. The molecule has 0 unspecified atom stereocenters. The fourth-order valence-electron chi connectivity index (χ4n) is 3.51. The van der Waals surface area contributed by atoms with E-state index < -0.39 is 0 Å². The van der Waals surface area contributed by atoms with Crippen LogP contribution in [0.1, 0.15) is 6.92 Å². The molecule has 0 aliphatic rings. The van der Waals surface area contributed by atoms with Crippen LogP contribution in [0.5, 0.6) is 11.6 Å². The molecule has 0 spiro atoms. The molecule has 31 heavy (non-hydrogen) atoms. The lowest BCUT2D eigenvalue weighted by molar-refractivity contribution is 0.310. The van der Waals surface area contributed by atoms with Gasteiger partial charge in [-0.25, -0.2) is 19.0 Å². The van der Waals surface area contributed by atoms with Crippen LogP contribution in [0.4, 0.5) is 10.2 Å². The lowest BCUT2D eigenvalue weighted by Gasteiger charge is -2.13. The molecule has 2 N–H and O–H groups in total. The molecule has 0 amide bonds. The van der Waals surface area contributed by atoms with Crippen LogP contribution >= 0.6 is 0 Å². The molecule has 0 saturated heterocycles. The van der Waals surface area contributed by atoms with Crippen molar-refractivity contribution < 1.29 is 13.8 Å². The highest BCUT2D eigenvalue weighted by atomic mass is 19.1. The highest BCUT2D eigenvalue weighted by Gasteiger charge is 2.24. The summed E-state index contributed by atoms with van der Waals surface area (Å²) in [5, 5.41) is 7.58. The smallest absolute Gasteiger partial charge is 0.229 e. The first kappa shape index (κ1) is 18.7. The lowest BCUT2D eigenvalue weighted by atomic mass is 10.1. The number of fused-ring (bicyclic) bond motifs is 1. The predicted octanol–water partition coefficient (Wildman–Crippen LogP) is 4.68. The van der Waals surface area contributed by atoms with E-state index >= 15 is 0 Å². The van der Waals surface area contributed by atoms with Gasteiger partial charge in [0.05, 0.1) is 17.3 Å². The van der Waals surface area contributed by atoms with Gasteiger partial charge in [0, 0.05) is 6.54 Å². The molecule has 0 radical (unpaired) electrons. The minimum absolute atomic E-state index is 0.155. The Morgan fingerprint density at radius 1 is 1.06 bits per heavy atom. The highest BCUT2D eigenvalue weighted by molar-refractivity contribution is 5.96. The molecule has 0 atom stereocenters. The zero-order valence-electron chi connectivity index (χ0n) is 16.5. The number of imidazole rings is 1. The number of benzene rings is 2. The Kier molecular flexibility index (Phi) is 4.55. The Hall–Kier alpha value is -4.27. The molecule has 3 heterocycles. The van der Waals surface area contributed by atoms with Crippen LogP contribution in [0.25, 0.3) is 33.7 Å². The average Bonchev–Trinajstić information content (AvgIpc) is 3.38. The van der Waals surface area contributed by atoms with E-state index in [1.807, 2.05) is 41.8 Å². The van der Waals surface area contributed by atoms with Crippen LogP contribution in [-0.2, 0) is 6.54 Å². The van der Waals surface area contributed by atoms with Crippen molar-refractivity contribution in [3.8, 4) is 34.3 Å². The van der Waals surface area contributed by atoms with E-state index in [0.29, 0.717) is 35.2 Å². The van der Waals surface area contributed by atoms with Crippen LogP contribution in [0, 0.1) is 5.82 Å². The third-order valence-electron chi connectivity index (χ3n) is 4.88. The molecule has 5 aromatic rings. The number of halogens is 1. The number of rotatable bonds is 5. The van der Waals surface area contributed by atoms with Gasteiger partial charge in [-0.3, -0.25) is 0 Å². The van der Waals surface area contributed by atoms with Crippen molar-refractivity contribution in [3.05, 3.63) is 66.6 Å². The Morgan fingerprint density at radius 3 is 2.52 bits per heavy atom. The van der Waals surface area contributed by atoms with Crippen molar-refractivity contribution in [2.24, 2.45) is 0 Å². The molecule has 0 aliphatic carbocycles. The Bertz CT molecular complexity index is 1360. The minimum Gasteiger partial charge on any atom is -0.438 e. The second-order valence-corrected chi connectivity index (χ2v) is 6.77. The quantitative estimate of drug-likeness (QED) is 0.443. The maximum absolute atomic E-state index is 13.3. The summed E-state index contributed by atoms with van der Waals surface area (Å²) in [5.41, 5.74) is 9.37. The van der Waals surface area contributed by atoms with Gasteiger partial charge in [-0.1, -0.05) is 30.3 Å². The SMILES string of the molecule is CCn1c(-c2nonc2N)nc2cnc(Oc3ccc(F)cc3)c(-c3ccccc3)c21. The van der Waals surface area contributed by atoms with Crippen molar-refractivity contribution in [1.29, 1.82) is 0 Å². The summed E-state index contributed by atoms with van der Waals surface area (Å²) in [4.78, 5) is 9.20. The van der Waals surface area contributed by atoms with Gasteiger partial charge in [0.25, 0.3) is 0 Å². The number of pyridine rings is 1. The number of ether oxygens (including phenoxy) is 1. The number of hydrogen-bond acceptors (Lipinski definition) is 7. The van der Waals surface area contributed by atoms with E-state index in [0.717, 1.165) is 16.6 Å². The van der Waals surface area contributed by atoms with E-state index in [2.05, 4.69) is 20.3 Å². The van der Waals surface area contributed by atoms with Gasteiger partial charge in [-0.15, -0.1) is 0 Å². The largest absolute Gasteiger partial charge is 0.438 e. The molecule has 0 bridgehead atoms. The molecule has 3 aromatic heterocycles. The van der Waals surface area contributed by atoms with Crippen LogP contribution < -0.4 is 10.5 Å². The van der Waals surface area contributed by atoms with Crippen molar-refractivity contribution in [3.63, 3.8) is 0 Å². The monoisotopic (exact) mass is 416 g/mol. The number of aryl methyl sites for hydroxylation is 1. The number of anilines is 1. The molecule has 8 nitrogen and oxygen atoms in total. The third-order valence-corrected chi connectivity index (χ3v) is 4.88. The van der Waals surface area contributed by atoms with Gasteiger partial charge >= 0.3 is 0 Å². The first-order valence-corrected chi connectivity index (χ1v) is 9.62. The number of aromatic nitrogens is 5. The van der Waals surface area contributed by atoms with E-state index in [1.165, 1.54) is 12.1 Å². The van der Waals surface area contributed by atoms with Gasteiger partial charge in [-0.05, 0) is 47.1 Å². The normalized spacial score (nSPS) is 11.2. The number of hydrogen-bond donors (Lipinski definition) is 1. The van der Waals surface area contributed by atoms with Crippen molar-refractivity contribution in [2.75, 3.05) is 5.73 Å². The molecular weight excluding hydrogens is 399 g/mol. The summed E-state index contributed by atoms with van der Waals surface area (Å²) in [5.74, 6) is 1.18. The number of nitrogens with two attached hydrogens (primary N) is 1. The Morgan fingerprint density at radius 2 is 1.84 bits per heavy atom. The summed E-state index contributed by atoms with van der Waals surface area (Å²) in [6.07, 6.45) is 1.62. The standard InChI is InChI=1S/C22H17FN6O2/c1-2-29-19-16(26-21(29)18-20(24)28-31-27-18)12-25-22(17(19)13-6-4-3-5-7-13)30-15-10-8-14(23)9-11-15/h3-12H,2H2,1H3,(H2,24,28). The van der Waals surface area contributed by atoms with Gasteiger partial charge in [0.15, 0.2) is 17.3 Å². The van der Waals surface area contributed by atoms with Crippen molar-refractivity contribution in [1.82, 2.24) is 24.8 Å². The maximum atomic E-state index is 13.3. The summed E-state index contributed by atoms with van der Waals surface area (Å²) in [7, 11) is 0. The first-order valence-electron chi connectivity index (χ1n) is 9.62. The third kappa shape index (κ3) is 3.25.